The molecule has 2 heterocycles. The van der Waals surface area contributed by atoms with E-state index in [-0.39, 0.29) is 6.10 Å². The molecule has 2 rings (SSSR count). The molecule has 1 aliphatic heterocycles. The Labute approximate surface area is 82.6 Å². The Morgan fingerprint density at radius 1 is 1.57 bits per heavy atom. The van der Waals surface area contributed by atoms with Gasteiger partial charge in [-0.25, -0.2) is 0 Å². The first-order chi connectivity index (χ1) is 6.85. The lowest BCUT2D eigenvalue weighted by Crippen LogP contribution is -2.18. The van der Waals surface area contributed by atoms with Crippen LogP contribution in [0.25, 0.3) is 0 Å². The van der Waals surface area contributed by atoms with E-state index in [1.54, 1.807) is 0 Å². The van der Waals surface area contributed by atoms with Gasteiger partial charge in [-0.1, -0.05) is 12.1 Å². The van der Waals surface area contributed by atoms with Crippen molar-refractivity contribution in [3.05, 3.63) is 11.7 Å². The third kappa shape index (κ3) is 1.65. The summed E-state index contributed by atoms with van der Waals surface area (Å²) in [6, 6.07) is 0. The Morgan fingerprint density at radius 2 is 2.43 bits per heavy atom. The molecule has 14 heavy (non-hydrogen) atoms. The first kappa shape index (κ1) is 9.61. The zero-order valence-electron chi connectivity index (χ0n) is 8.27. The molecule has 0 spiro atoms. The van der Waals surface area contributed by atoms with Gasteiger partial charge in [-0.2, -0.15) is 4.98 Å². The summed E-state index contributed by atoms with van der Waals surface area (Å²) < 4.78 is 10.7. The quantitative estimate of drug-likeness (QED) is 0.770. The molecule has 0 unspecified atom stereocenters. The van der Waals surface area contributed by atoms with Gasteiger partial charge in [0.25, 0.3) is 5.89 Å². The number of ether oxygens (including phenoxy) is 1. The van der Waals surface area contributed by atoms with Crippen molar-refractivity contribution in [2.75, 3.05) is 13.2 Å². The number of hydrogen-bond donors (Lipinski definition) is 1. The van der Waals surface area contributed by atoms with Crippen molar-refractivity contribution >= 4 is 0 Å². The highest BCUT2D eigenvalue weighted by molar-refractivity contribution is 4.95. The molecule has 5 nitrogen and oxygen atoms in total. The van der Waals surface area contributed by atoms with E-state index in [0.717, 1.165) is 25.3 Å². The fourth-order valence-electron chi connectivity index (χ4n) is 1.67. The van der Waals surface area contributed by atoms with Gasteiger partial charge >= 0.3 is 0 Å². The fourth-order valence-corrected chi connectivity index (χ4v) is 1.67. The minimum absolute atomic E-state index is 0.0900. The van der Waals surface area contributed by atoms with E-state index >= 15 is 0 Å². The summed E-state index contributed by atoms with van der Waals surface area (Å²) in [6.45, 7) is 3.33. The van der Waals surface area contributed by atoms with E-state index in [0.29, 0.717) is 18.4 Å². The summed E-state index contributed by atoms with van der Waals surface area (Å²) in [5, 5.41) is 3.84. The Balaban J connectivity index is 2.13. The average molecular weight is 197 g/mol. The zero-order chi connectivity index (χ0) is 9.97. The van der Waals surface area contributed by atoms with Gasteiger partial charge in [0.1, 0.15) is 6.10 Å². The molecule has 1 aromatic rings. The molecule has 2 N–H and O–H groups in total. The monoisotopic (exact) mass is 197 g/mol. The summed E-state index contributed by atoms with van der Waals surface area (Å²) in [4.78, 5) is 4.25. The number of hydrogen-bond acceptors (Lipinski definition) is 5. The normalized spacial score (nSPS) is 27.0. The van der Waals surface area contributed by atoms with Crippen molar-refractivity contribution in [3.63, 3.8) is 0 Å². The standard InChI is InChI=1S/C9H15N3O2/c1-2-7-11-9(14-12-7)8-6(5-10)3-4-13-8/h6,8H,2-5,10H2,1H3/t6-,8-/m1/s1. The molecule has 0 amide bonds. The molecular weight excluding hydrogens is 182 g/mol. The molecule has 1 aromatic heterocycles. The van der Waals surface area contributed by atoms with Gasteiger partial charge in [-0.15, -0.1) is 0 Å². The van der Waals surface area contributed by atoms with Crippen LogP contribution in [0.4, 0.5) is 0 Å². The second-order valence-electron chi connectivity index (χ2n) is 3.48. The Morgan fingerprint density at radius 3 is 3.07 bits per heavy atom. The molecule has 0 saturated carbocycles. The van der Waals surface area contributed by atoms with Crippen LogP contribution in [0.5, 0.6) is 0 Å². The third-order valence-corrected chi connectivity index (χ3v) is 2.56. The minimum Gasteiger partial charge on any atom is -0.368 e. The molecule has 2 atom stereocenters. The van der Waals surface area contributed by atoms with Crippen molar-refractivity contribution in [3.8, 4) is 0 Å². The van der Waals surface area contributed by atoms with Crippen LogP contribution in [-0.4, -0.2) is 23.3 Å². The Hall–Kier alpha value is -0.940. The van der Waals surface area contributed by atoms with Gasteiger partial charge in [0.2, 0.25) is 0 Å². The van der Waals surface area contributed by atoms with E-state index in [9.17, 15) is 0 Å². The number of rotatable bonds is 3. The van der Waals surface area contributed by atoms with Gasteiger partial charge in [-0.05, 0) is 13.0 Å². The zero-order valence-corrected chi connectivity index (χ0v) is 8.27. The van der Waals surface area contributed by atoms with Crippen LogP contribution in [0.15, 0.2) is 4.52 Å². The molecule has 5 heteroatoms. The van der Waals surface area contributed by atoms with Gasteiger partial charge in [-0.3, -0.25) is 0 Å². The lowest BCUT2D eigenvalue weighted by atomic mass is 10.0. The predicted molar refractivity (Wildman–Crippen MR) is 49.5 cm³/mol. The maximum Gasteiger partial charge on any atom is 0.256 e. The summed E-state index contributed by atoms with van der Waals surface area (Å²) in [5.41, 5.74) is 5.63. The van der Waals surface area contributed by atoms with Gasteiger partial charge in [0.15, 0.2) is 5.82 Å². The van der Waals surface area contributed by atoms with Crippen molar-refractivity contribution in [2.45, 2.75) is 25.9 Å². The molecule has 78 valence electrons. The molecule has 0 bridgehead atoms. The van der Waals surface area contributed by atoms with E-state index in [1.807, 2.05) is 6.92 Å². The number of nitrogens with two attached hydrogens (primary N) is 1. The topological polar surface area (TPSA) is 74.2 Å². The molecule has 0 aromatic carbocycles. The van der Waals surface area contributed by atoms with Crippen LogP contribution in [-0.2, 0) is 11.2 Å². The summed E-state index contributed by atoms with van der Waals surface area (Å²) in [5.74, 6) is 1.63. The van der Waals surface area contributed by atoms with Crippen LogP contribution in [0, 0.1) is 5.92 Å². The lowest BCUT2D eigenvalue weighted by Gasteiger charge is -2.11. The van der Waals surface area contributed by atoms with E-state index in [4.69, 9.17) is 15.0 Å². The highest BCUT2D eigenvalue weighted by atomic mass is 16.5. The third-order valence-electron chi connectivity index (χ3n) is 2.56. The first-order valence-corrected chi connectivity index (χ1v) is 4.99. The second-order valence-corrected chi connectivity index (χ2v) is 3.48. The summed E-state index contributed by atoms with van der Waals surface area (Å²) in [7, 11) is 0. The number of aryl methyl sites for hydroxylation is 1. The van der Waals surface area contributed by atoms with E-state index < -0.39 is 0 Å². The minimum atomic E-state index is -0.0900. The second kappa shape index (κ2) is 4.06. The predicted octanol–water partition coefficient (Wildman–Crippen LogP) is 0.668. The largest absolute Gasteiger partial charge is 0.368 e. The van der Waals surface area contributed by atoms with Crippen LogP contribution in [0.2, 0.25) is 0 Å². The Bertz CT molecular complexity index is 300. The smallest absolute Gasteiger partial charge is 0.256 e. The maximum absolute atomic E-state index is 5.63. The van der Waals surface area contributed by atoms with Gasteiger partial charge in [0.05, 0.1) is 0 Å². The van der Waals surface area contributed by atoms with Crippen molar-refractivity contribution in [1.82, 2.24) is 10.1 Å². The highest BCUT2D eigenvalue weighted by Gasteiger charge is 2.32. The van der Waals surface area contributed by atoms with E-state index in [1.165, 1.54) is 0 Å². The molecule has 0 radical (unpaired) electrons. The van der Waals surface area contributed by atoms with Gasteiger partial charge < -0.3 is 15.0 Å². The van der Waals surface area contributed by atoms with Crippen molar-refractivity contribution in [1.29, 1.82) is 0 Å². The molecular formula is C9H15N3O2. The number of nitrogens with zero attached hydrogens (tertiary/aromatic N) is 2. The lowest BCUT2D eigenvalue weighted by molar-refractivity contribution is 0.0642. The maximum atomic E-state index is 5.63. The van der Waals surface area contributed by atoms with E-state index in [2.05, 4.69) is 10.1 Å². The van der Waals surface area contributed by atoms with Crippen molar-refractivity contribution < 1.29 is 9.26 Å². The molecule has 1 aliphatic rings. The first-order valence-electron chi connectivity index (χ1n) is 4.99. The highest BCUT2D eigenvalue weighted by Crippen LogP contribution is 2.32. The molecule has 0 aliphatic carbocycles. The average Bonchev–Trinajstić information content (AvgIpc) is 2.85. The van der Waals surface area contributed by atoms with Crippen LogP contribution < -0.4 is 5.73 Å². The Kier molecular flexibility index (Phi) is 2.79. The fraction of sp³-hybridized carbons (Fsp3) is 0.778. The van der Waals surface area contributed by atoms with Crippen molar-refractivity contribution in [2.24, 2.45) is 11.7 Å². The van der Waals surface area contributed by atoms with Gasteiger partial charge in [0, 0.05) is 18.9 Å². The SMILES string of the molecule is CCc1noc([C@@H]2OCC[C@@H]2CN)n1. The molecule has 1 fully saturated rings. The van der Waals surface area contributed by atoms with Crippen LogP contribution >= 0.6 is 0 Å². The van der Waals surface area contributed by atoms with Crippen LogP contribution in [0.1, 0.15) is 31.2 Å². The molecule has 1 saturated heterocycles. The summed E-state index contributed by atoms with van der Waals surface area (Å²) in [6.07, 6.45) is 1.67. The number of aromatic nitrogens is 2. The summed E-state index contributed by atoms with van der Waals surface area (Å²) >= 11 is 0. The van der Waals surface area contributed by atoms with Crippen LogP contribution in [0.3, 0.4) is 0 Å².